The average Bonchev–Trinajstić information content (AvgIpc) is 2.46. The fourth-order valence-corrected chi connectivity index (χ4v) is 2.21. The van der Waals surface area contributed by atoms with Crippen LogP contribution in [0.5, 0.6) is 5.75 Å². The first-order valence-electron chi connectivity index (χ1n) is 6.31. The molecule has 1 aliphatic rings. The predicted octanol–water partition coefficient (Wildman–Crippen LogP) is 2.53. The Balaban J connectivity index is 2.00. The van der Waals surface area contributed by atoms with Crippen molar-refractivity contribution in [1.29, 1.82) is 0 Å². The number of benzene rings is 1. The van der Waals surface area contributed by atoms with Crippen LogP contribution in [0.1, 0.15) is 12.5 Å². The molecule has 1 unspecified atom stereocenters. The van der Waals surface area contributed by atoms with Crippen LogP contribution in [0.4, 0.5) is 10.1 Å². The number of carbonyl (C=O) groups excluding carboxylic acids is 1. The molecule has 1 aliphatic heterocycles. The van der Waals surface area contributed by atoms with E-state index >= 15 is 0 Å². The second-order valence-corrected chi connectivity index (χ2v) is 4.65. The molecule has 1 aromatic carbocycles. The molecule has 5 heteroatoms. The molecule has 0 N–H and O–H groups in total. The first-order chi connectivity index (χ1) is 9.65. The number of halogens is 1. The molecule has 0 saturated heterocycles. The SMILES string of the molecule is CC1Oc2ccc(F)cc2N(Cc2ccncc2)C1=O. The van der Waals surface area contributed by atoms with Gasteiger partial charge in [0, 0.05) is 18.5 Å². The van der Waals surface area contributed by atoms with E-state index in [2.05, 4.69) is 4.98 Å². The van der Waals surface area contributed by atoms with E-state index in [-0.39, 0.29) is 5.91 Å². The quantitative estimate of drug-likeness (QED) is 0.843. The van der Waals surface area contributed by atoms with Crippen molar-refractivity contribution in [2.75, 3.05) is 4.90 Å². The van der Waals surface area contributed by atoms with Gasteiger partial charge in [-0.25, -0.2) is 4.39 Å². The van der Waals surface area contributed by atoms with Crippen LogP contribution in [-0.2, 0) is 11.3 Å². The lowest BCUT2D eigenvalue weighted by molar-refractivity contribution is -0.125. The third-order valence-corrected chi connectivity index (χ3v) is 3.22. The predicted molar refractivity (Wildman–Crippen MR) is 71.9 cm³/mol. The standard InChI is InChI=1S/C15H13FN2O2/c1-10-15(19)18(9-11-4-6-17-7-5-11)13-8-12(16)2-3-14(13)20-10/h2-8,10H,9H2,1H3. The zero-order chi connectivity index (χ0) is 14.1. The minimum atomic E-state index is -0.574. The first-order valence-corrected chi connectivity index (χ1v) is 6.31. The van der Waals surface area contributed by atoms with Gasteiger partial charge in [-0.05, 0) is 36.8 Å². The Kier molecular flexibility index (Phi) is 3.10. The van der Waals surface area contributed by atoms with E-state index in [1.807, 2.05) is 12.1 Å². The Morgan fingerprint density at radius 1 is 1.30 bits per heavy atom. The lowest BCUT2D eigenvalue weighted by atomic mass is 10.1. The summed E-state index contributed by atoms with van der Waals surface area (Å²) in [6.45, 7) is 2.06. The number of fused-ring (bicyclic) bond motifs is 1. The number of aromatic nitrogens is 1. The smallest absolute Gasteiger partial charge is 0.268 e. The molecule has 0 spiro atoms. The summed E-state index contributed by atoms with van der Waals surface area (Å²) in [5.41, 5.74) is 1.39. The van der Waals surface area contributed by atoms with Crippen molar-refractivity contribution in [2.45, 2.75) is 19.6 Å². The van der Waals surface area contributed by atoms with Gasteiger partial charge in [-0.15, -0.1) is 0 Å². The number of amides is 1. The molecular formula is C15H13FN2O2. The van der Waals surface area contributed by atoms with Crippen molar-refractivity contribution >= 4 is 11.6 Å². The van der Waals surface area contributed by atoms with Gasteiger partial charge in [0.05, 0.1) is 12.2 Å². The monoisotopic (exact) mass is 272 g/mol. The molecule has 0 fully saturated rings. The number of ether oxygens (including phenoxy) is 1. The molecule has 1 atom stereocenters. The van der Waals surface area contributed by atoms with Crippen molar-refractivity contribution in [1.82, 2.24) is 4.98 Å². The number of hydrogen-bond acceptors (Lipinski definition) is 3. The molecule has 20 heavy (non-hydrogen) atoms. The van der Waals surface area contributed by atoms with Crippen molar-refractivity contribution in [3.8, 4) is 5.75 Å². The van der Waals surface area contributed by atoms with E-state index in [9.17, 15) is 9.18 Å². The summed E-state index contributed by atoms with van der Waals surface area (Å²) in [5.74, 6) is -0.0538. The molecule has 4 nitrogen and oxygen atoms in total. The molecule has 0 aliphatic carbocycles. The van der Waals surface area contributed by atoms with Gasteiger partial charge in [-0.1, -0.05) is 0 Å². The van der Waals surface area contributed by atoms with E-state index in [1.165, 1.54) is 12.1 Å². The number of carbonyl (C=O) groups is 1. The minimum Gasteiger partial charge on any atom is -0.479 e. The first kappa shape index (κ1) is 12.6. The largest absolute Gasteiger partial charge is 0.479 e. The molecule has 0 bridgehead atoms. The van der Waals surface area contributed by atoms with E-state index in [0.29, 0.717) is 18.0 Å². The Bertz CT molecular complexity index is 646. The van der Waals surface area contributed by atoms with E-state index < -0.39 is 11.9 Å². The van der Waals surface area contributed by atoms with Crippen LogP contribution in [0.3, 0.4) is 0 Å². The van der Waals surface area contributed by atoms with Crippen molar-refractivity contribution in [3.63, 3.8) is 0 Å². The van der Waals surface area contributed by atoms with Gasteiger partial charge in [0.1, 0.15) is 11.6 Å². The summed E-state index contributed by atoms with van der Waals surface area (Å²) < 4.78 is 18.9. The number of hydrogen-bond donors (Lipinski definition) is 0. The maximum absolute atomic E-state index is 13.4. The minimum absolute atomic E-state index is 0.181. The van der Waals surface area contributed by atoms with Gasteiger partial charge in [0.25, 0.3) is 5.91 Å². The average molecular weight is 272 g/mol. The number of pyridine rings is 1. The lowest BCUT2D eigenvalue weighted by Crippen LogP contribution is -2.44. The normalized spacial score (nSPS) is 17.6. The van der Waals surface area contributed by atoms with E-state index in [1.54, 1.807) is 30.3 Å². The van der Waals surface area contributed by atoms with E-state index in [4.69, 9.17) is 4.74 Å². The molecule has 1 aromatic heterocycles. The highest BCUT2D eigenvalue weighted by atomic mass is 19.1. The van der Waals surface area contributed by atoms with Crippen LogP contribution in [0.2, 0.25) is 0 Å². The van der Waals surface area contributed by atoms with Gasteiger partial charge in [0.2, 0.25) is 0 Å². The fourth-order valence-electron chi connectivity index (χ4n) is 2.21. The van der Waals surface area contributed by atoms with Crippen molar-refractivity contribution in [3.05, 3.63) is 54.1 Å². The number of anilines is 1. The summed E-state index contributed by atoms with van der Waals surface area (Å²) in [7, 11) is 0. The van der Waals surface area contributed by atoms with Crippen LogP contribution in [0.25, 0.3) is 0 Å². The molecular weight excluding hydrogens is 259 g/mol. The van der Waals surface area contributed by atoms with Gasteiger partial charge in [-0.2, -0.15) is 0 Å². The van der Waals surface area contributed by atoms with Gasteiger partial charge < -0.3 is 9.64 Å². The molecule has 2 heterocycles. The number of nitrogens with zero attached hydrogens (tertiary/aromatic N) is 2. The molecule has 102 valence electrons. The Morgan fingerprint density at radius 2 is 2.05 bits per heavy atom. The molecule has 0 radical (unpaired) electrons. The fraction of sp³-hybridized carbons (Fsp3) is 0.200. The van der Waals surface area contributed by atoms with Crippen molar-refractivity contribution in [2.24, 2.45) is 0 Å². The third kappa shape index (κ3) is 2.22. The summed E-state index contributed by atoms with van der Waals surface area (Å²) in [5, 5.41) is 0. The van der Waals surface area contributed by atoms with E-state index in [0.717, 1.165) is 5.56 Å². The van der Waals surface area contributed by atoms with Gasteiger partial charge >= 0.3 is 0 Å². The van der Waals surface area contributed by atoms with Crippen LogP contribution in [0, 0.1) is 5.82 Å². The number of rotatable bonds is 2. The Hall–Kier alpha value is -2.43. The zero-order valence-corrected chi connectivity index (χ0v) is 10.9. The molecule has 2 aromatic rings. The highest BCUT2D eigenvalue weighted by Gasteiger charge is 2.31. The Labute approximate surface area is 115 Å². The molecule has 3 rings (SSSR count). The van der Waals surface area contributed by atoms with Crippen LogP contribution in [-0.4, -0.2) is 17.0 Å². The van der Waals surface area contributed by atoms with Crippen LogP contribution < -0.4 is 9.64 Å². The summed E-state index contributed by atoms with van der Waals surface area (Å²) in [4.78, 5) is 17.8. The maximum Gasteiger partial charge on any atom is 0.268 e. The summed E-state index contributed by atoms with van der Waals surface area (Å²) in [6.07, 6.45) is 2.75. The lowest BCUT2D eigenvalue weighted by Gasteiger charge is -2.33. The highest BCUT2D eigenvalue weighted by molar-refractivity contribution is 5.99. The van der Waals surface area contributed by atoms with Gasteiger partial charge in [0.15, 0.2) is 6.10 Å². The maximum atomic E-state index is 13.4. The molecule has 0 saturated carbocycles. The second-order valence-electron chi connectivity index (χ2n) is 4.65. The van der Waals surface area contributed by atoms with Gasteiger partial charge in [-0.3, -0.25) is 9.78 Å². The van der Waals surface area contributed by atoms with Crippen molar-refractivity contribution < 1.29 is 13.9 Å². The summed E-state index contributed by atoms with van der Waals surface area (Å²) in [6, 6.07) is 7.85. The topological polar surface area (TPSA) is 42.4 Å². The zero-order valence-electron chi connectivity index (χ0n) is 10.9. The van der Waals surface area contributed by atoms with Crippen LogP contribution >= 0.6 is 0 Å². The third-order valence-electron chi connectivity index (χ3n) is 3.22. The summed E-state index contributed by atoms with van der Waals surface area (Å²) >= 11 is 0. The molecule has 1 amide bonds. The van der Waals surface area contributed by atoms with Crippen LogP contribution in [0.15, 0.2) is 42.7 Å². The Morgan fingerprint density at radius 3 is 2.80 bits per heavy atom. The second kappa shape index (κ2) is 4.92. The highest BCUT2D eigenvalue weighted by Crippen LogP contribution is 2.35.